The quantitative estimate of drug-likeness (QED) is 0.292. The monoisotopic (exact) mass is 286 g/mol. The van der Waals surface area contributed by atoms with E-state index < -0.39 is 16.6 Å². The summed E-state index contributed by atoms with van der Waals surface area (Å²) in [5.74, 6) is 0. The van der Waals surface area contributed by atoms with Crippen LogP contribution >= 0.6 is 0 Å². The molecular formula is C10H26N2O5S. The van der Waals surface area contributed by atoms with Gasteiger partial charge in [-0.3, -0.25) is 14.1 Å². The molecule has 0 saturated carbocycles. The number of rotatable bonds is 8. The number of aliphatic hydroxyl groups excluding tert-OH is 1. The molecule has 112 valence electrons. The van der Waals surface area contributed by atoms with Gasteiger partial charge in [0.2, 0.25) is 0 Å². The normalized spacial score (nSPS) is 14.6. The van der Waals surface area contributed by atoms with E-state index >= 15 is 0 Å². The molecule has 18 heavy (non-hydrogen) atoms. The van der Waals surface area contributed by atoms with Gasteiger partial charge in [-0.1, -0.05) is 19.8 Å². The van der Waals surface area contributed by atoms with Gasteiger partial charge in [0.1, 0.15) is 6.23 Å². The molecule has 8 heteroatoms. The second-order valence-corrected chi connectivity index (χ2v) is 5.01. The van der Waals surface area contributed by atoms with Crippen LogP contribution in [0.5, 0.6) is 0 Å². The first-order valence-corrected chi connectivity index (χ1v) is 7.30. The van der Waals surface area contributed by atoms with Crippen LogP contribution in [0.4, 0.5) is 0 Å². The molecule has 2 unspecified atom stereocenters. The van der Waals surface area contributed by atoms with Crippen LogP contribution in [0.3, 0.4) is 0 Å². The Hall–Kier alpha value is -0.250. The van der Waals surface area contributed by atoms with Crippen molar-refractivity contribution in [2.24, 2.45) is 0 Å². The van der Waals surface area contributed by atoms with Crippen molar-refractivity contribution in [2.75, 3.05) is 13.7 Å². The first-order chi connectivity index (χ1) is 8.22. The van der Waals surface area contributed by atoms with Gasteiger partial charge in [0.15, 0.2) is 0 Å². The Kier molecular flexibility index (Phi) is 13.2. The lowest BCUT2D eigenvalue weighted by molar-refractivity contribution is 0.136. The molecule has 0 fully saturated rings. The number of nitrogens with one attached hydrogen (secondary N) is 2. The largest absolute Gasteiger partial charge is 0.397 e. The first-order valence-electron chi connectivity index (χ1n) is 5.93. The second-order valence-electron chi connectivity index (χ2n) is 3.82. The minimum atomic E-state index is -4.16. The molecule has 0 heterocycles. The molecule has 0 aromatic carbocycles. The van der Waals surface area contributed by atoms with Crippen LogP contribution in [-0.4, -0.2) is 44.1 Å². The Balaban J connectivity index is 0. The van der Waals surface area contributed by atoms with Gasteiger partial charge < -0.3 is 10.4 Å². The average Bonchev–Trinajstić information content (AvgIpc) is 2.23. The SMILES string of the molecule is CCCCCNC(C)NC(C)O.COS(=O)(=O)O. The topological polar surface area (TPSA) is 108 Å². The number of hydrogen-bond donors (Lipinski definition) is 4. The molecule has 0 saturated heterocycles. The minimum absolute atomic E-state index is 0.196. The Morgan fingerprint density at radius 3 is 2.11 bits per heavy atom. The van der Waals surface area contributed by atoms with E-state index in [1.54, 1.807) is 6.92 Å². The summed E-state index contributed by atoms with van der Waals surface area (Å²) >= 11 is 0. The van der Waals surface area contributed by atoms with Crippen molar-refractivity contribution < 1.29 is 22.3 Å². The summed E-state index contributed by atoms with van der Waals surface area (Å²) < 4.78 is 29.7. The summed E-state index contributed by atoms with van der Waals surface area (Å²) in [6.45, 7) is 6.95. The molecule has 0 bridgehead atoms. The Morgan fingerprint density at radius 2 is 1.78 bits per heavy atom. The highest BCUT2D eigenvalue weighted by molar-refractivity contribution is 7.80. The lowest BCUT2D eigenvalue weighted by atomic mass is 10.2. The van der Waals surface area contributed by atoms with E-state index in [1.807, 2.05) is 6.92 Å². The van der Waals surface area contributed by atoms with Crippen molar-refractivity contribution >= 4 is 10.4 Å². The van der Waals surface area contributed by atoms with Crippen molar-refractivity contribution in [3.63, 3.8) is 0 Å². The van der Waals surface area contributed by atoms with E-state index in [1.165, 1.54) is 19.3 Å². The predicted molar refractivity (Wildman–Crippen MR) is 70.4 cm³/mol. The third kappa shape index (κ3) is 21.1. The van der Waals surface area contributed by atoms with Crippen molar-refractivity contribution in [3.05, 3.63) is 0 Å². The fourth-order valence-corrected chi connectivity index (χ4v) is 1.11. The number of aliphatic hydroxyl groups is 1. The number of unbranched alkanes of at least 4 members (excludes halogenated alkanes) is 2. The third-order valence-corrected chi connectivity index (χ3v) is 2.35. The van der Waals surface area contributed by atoms with E-state index in [2.05, 4.69) is 21.7 Å². The molecular weight excluding hydrogens is 260 g/mol. The van der Waals surface area contributed by atoms with E-state index in [0.717, 1.165) is 13.7 Å². The summed E-state index contributed by atoms with van der Waals surface area (Å²) in [4.78, 5) is 0. The standard InChI is InChI=1S/C9H22N2O.CH4O4S/c1-4-5-6-7-10-8(2)11-9(3)12;1-5-6(2,3)4/h8-12H,4-7H2,1-3H3;1H3,(H,2,3,4). The van der Waals surface area contributed by atoms with Crippen molar-refractivity contribution in [3.8, 4) is 0 Å². The Bertz CT molecular complexity index is 269. The predicted octanol–water partition coefficient (Wildman–Crippen LogP) is 0.476. The van der Waals surface area contributed by atoms with Gasteiger partial charge in [-0.25, -0.2) is 0 Å². The van der Waals surface area contributed by atoms with E-state index in [4.69, 9.17) is 9.66 Å². The van der Waals surface area contributed by atoms with Gasteiger partial charge in [0.25, 0.3) is 0 Å². The van der Waals surface area contributed by atoms with E-state index in [9.17, 15) is 8.42 Å². The molecule has 2 atom stereocenters. The molecule has 0 rings (SSSR count). The molecule has 0 aliphatic rings. The zero-order chi connectivity index (χ0) is 14.6. The zero-order valence-electron chi connectivity index (χ0n) is 11.5. The van der Waals surface area contributed by atoms with Gasteiger partial charge in [-0.15, -0.1) is 0 Å². The van der Waals surface area contributed by atoms with Crippen LogP contribution in [0, 0.1) is 0 Å². The number of hydrogen-bond acceptors (Lipinski definition) is 6. The van der Waals surface area contributed by atoms with Gasteiger partial charge in [0, 0.05) is 0 Å². The summed E-state index contributed by atoms with van der Waals surface area (Å²) in [6, 6.07) is 0. The minimum Gasteiger partial charge on any atom is -0.379 e. The van der Waals surface area contributed by atoms with Crippen LogP contribution in [0.1, 0.15) is 40.0 Å². The van der Waals surface area contributed by atoms with Crippen molar-refractivity contribution in [1.29, 1.82) is 0 Å². The lowest BCUT2D eigenvalue weighted by Gasteiger charge is -2.17. The molecule has 0 spiro atoms. The Morgan fingerprint density at radius 1 is 1.28 bits per heavy atom. The van der Waals surface area contributed by atoms with Gasteiger partial charge >= 0.3 is 10.4 Å². The highest BCUT2D eigenvalue weighted by atomic mass is 32.3. The van der Waals surface area contributed by atoms with Crippen LogP contribution < -0.4 is 10.6 Å². The summed E-state index contributed by atoms with van der Waals surface area (Å²) in [6.07, 6.45) is 3.50. The van der Waals surface area contributed by atoms with Crippen LogP contribution in [0.25, 0.3) is 0 Å². The maximum atomic E-state index is 9.33. The highest BCUT2D eigenvalue weighted by Gasteiger charge is 2.01. The second kappa shape index (κ2) is 11.8. The summed E-state index contributed by atoms with van der Waals surface area (Å²) in [5, 5.41) is 15.2. The Labute approximate surface area is 110 Å². The summed E-state index contributed by atoms with van der Waals surface area (Å²) in [5.41, 5.74) is 0. The third-order valence-electron chi connectivity index (χ3n) is 1.93. The van der Waals surface area contributed by atoms with Crippen LogP contribution in [-0.2, 0) is 14.6 Å². The van der Waals surface area contributed by atoms with Crippen LogP contribution in [0.2, 0.25) is 0 Å². The highest BCUT2D eigenvalue weighted by Crippen LogP contribution is 1.91. The molecule has 0 aliphatic carbocycles. The molecule has 0 aliphatic heterocycles. The van der Waals surface area contributed by atoms with Crippen LogP contribution in [0.15, 0.2) is 0 Å². The van der Waals surface area contributed by atoms with E-state index in [0.29, 0.717) is 0 Å². The first kappa shape index (κ1) is 20.1. The maximum absolute atomic E-state index is 9.33. The van der Waals surface area contributed by atoms with Gasteiger partial charge in [-0.05, 0) is 26.8 Å². The van der Waals surface area contributed by atoms with Gasteiger partial charge in [0.05, 0.1) is 13.3 Å². The summed E-state index contributed by atoms with van der Waals surface area (Å²) in [7, 11) is -3.29. The molecule has 0 aromatic rings. The zero-order valence-corrected chi connectivity index (χ0v) is 12.3. The lowest BCUT2D eigenvalue weighted by Crippen LogP contribution is -2.44. The van der Waals surface area contributed by atoms with Gasteiger partial charge in [-0.2, -0.15) is 8.42 Å². The fourth-order valence-electron chi connectivity index (χ4n) is 1.11. The fraction of sp³-hybridized carbons (Fsp3) is 1.00. The molecule has 4 N–H and O–H groups in total. The molecule has 0 radical (unpaired) electrons. The average molecular weight is 286 g/mol. The maximum Gasteiger partial charge on any atom is 0.397 e. The smallest absolute Gasteiger partial charge is 0.379 e. The van der Waals surface area contributed by atoms with Crippen molar-refractivity contribution in [1.82, 2.24) is 10.6 Å². The molecule has 7 nitrogen and oxygen atoms in total. The van der Waals surface area contributed by atoms with Crippen molar-refractivity contribution in [2.45, 2.75) is 52.4 Å². The molecule has 0 amide bonds. The van der Waals surface area contributed by atoms with E-state index in [-0.39, 0.29) is 6.17 Å². The molecule has 0 aromatic heterocycles.